The van der Waals surface area contributed by atoms with Crippen LogP contribution in [0.5, 0.6) is 0 Å². The molecule has 14 heavy (non-hydrogen) atoms. The number of allylic oxidation sites excluding steroid dienone is 6. The topological polar surface area (TPSA) is 0 Å². The molecule has 0 heterocycles. The number of alkyl halides is 1. The van der Waals surface area contributed by atoms with Crippen LogP contribution in [0.25, 0.3) is 0 Å². The molecule has 1 unspecified atom stereocenters. The molecule has 2 aliphatic rings. The van der Waals surface area contributed by atoms with Crippen molar-refractivity contribution in [3.05, 3.63) is 32.3 Å². The Labute approximate surface area is 103 Å². The average molecular weight is 270 g/mol. The van der Waals surface area contributed by atoms with Crippen molar-refractivity contribution in [1.29, 1.82) is 0 Å². The van der Waals surface area contributed by atoms with Crippen LogP contribution in [0.1, 0.15) is 19.3 Å². The van der Waals surface area contributed by atoms with E-state index in [1.165, 1.54) is 5.57 Å². The summed E-state index contributed by atoms with van der Waals surface area (Å²) in [5.74, 6) is 0. The van der Waals surface area contributed by atoms with E-state index in [0.29, 0.717) is 15.1 Å². The first-order valence-electron chi connectivity index (χ1n) is 4.41. The molecule has 4 heteroatoms. The Bertz CT molecular complexity index is 362. The second kappa shape index (κ2) is 4.09. The van der Waals surface area contributed by atoms with Gasteiger partial charge < -0.3 is 0 Å². The molecule has 0 aromatic heterocycles. The van der Waals surface area contributed by atoms with Crippen molar-refractivity contribution in [2.45, 2.75) is 24.6 Å². The first kappa shape index (κ1) is 10.9. The number of halogens is 4. The van der Waals surface area contributed by atoms with Crippen molar-refractivity contribution in [1.82, 2.24) is 0 Å². The molecule has 0 nitrogen and oxygen atoms in total. The molecule has 0 bridgehead atoms. The van der Waals surface area contributed by atoms with Crippen molar-refractivity contribution >= 4 is 46.4 Å². The Morgan fingerprint density at radius 3 is 2.29 bits per heavy atom. The molecule has 0 spiro atoms. The molecule has 0 saturated carbocycles. The highest BCUT2D eigenvalue weighted by molar-refractivity contribution is 6.51. The normalized spacial score (nSPS) is 27.7. The fourth-order valence-corrected chi connectivity index (χ4v) is 3.00. The minimum Gasteiger partial charge on any atom is -0.111 e. The van der Waals surface area contributed by atoms with Gasteiger partial charge in [0.25, 0.3) is 0 Å². The predicted octanol–water partition coefficient (Wildman–Crippen LogP) is 4.90. The van der Waals surface area contributed by atoms with E-state index in [1.54, 1.807) is 0 Å². The Hall–Kier alpha value is 0.380. The second-order valence-electron chi connectivity index (χ2n) is 3.37. The Balaban J connectivity index is 2.43. The van der Waals surface area contributed by atoms with Gasteiger partial charge >= 0.3 is 0 Å². The smallest absolute Gasteiger partial charge is 0.107 e. The third-order valence-electron chi connectivity index (χ3n) is 2.48. The van der Waals surface area contributed by atoms with E-state index in [1.807, 2.05) is 0 Å². The minimum atomic E-state index is -0.456. The summed E-state index contributed by atoms with van der Waals surface area (Å²) < 4.78 is 0. The zero-order valence-corrected chi connectivity index (χ0v) is 10.3. The van der Waals surface area contributed by atoms with Crippen molar-refractivity contribution in [2.75, 3.05) is 0 Å². The molecule has 0 saturated heterocycles. The number of hydrogen-bond donors (Lipinski definition) is 0. The minimum absolute atomic E-state index is 0.445. The molecule has 2 rings (SSSR count). The van der Waals surface area contributed by atoms with Gasteiger partial charge in [-0.15, -0.1) is 11.6 Å². The summed E-state index contributed by atoms with van der Waals surface area (Å²) >= 11 is 24.1. The molecule has 0 fully saturated rings. The van der Waals surface area contributed by atoms with Gasteiger partial charge in [-0.1, -0.05) is 40.9 Å². The third-order valence-corrected chi connectivity index (χ3v) is 4.44. The lowest BCUT2D eigenvalue weighted by Crippen LogP contribution is -1.93. The van der Waals surface area contributed by atoms with Crippen LogP contribution in [0.4, 0.5) is 0 Å². The molecule has 1 atom stereocenters. The lowest BCUT2D eigenvalue weighted by atomic mass is 10.1. The van der Waals surface area contributed by atoms with E-state index in [9.17, 15) is 0 Å². The maximum absolute atomic E-state index is 6.09. The van der Waals surface area contributed by atoms with Gasteiger partial charge in [-0.2, -0.15) is 0 Å². The zero-order valence-electron chi connectivity index (χ0n) is 7.29. The monoisotopic (exact) mass is 268 g/mol. The quantitative estimate of drug-likeness (QED) is 0.594. The SMILES string of the molecule is ClC1=C(Cl)C(Cl)C(Cl)=C1C1=CCCC1. The summed E-state index contributed by atoms with van der Waals surface area (Å²) in [7, 11) is 0. The third kappa shape index (κ3) is 1.63. The fourth-order valence-electron chi connectivity index (χ4n) is 1.77. The predicted molar refractivity (Wildman–Crippen MR) is 63.2 cm³/mol. The van der Waals surface area contributed by atoms with Crippen LogP contribution in [-0.4, -0.2) is 5.38 Å². The molecule has 2 aliphatic carbocycles. The summed E-state index contributed by atoms with van der Waals surface area (Å²) in [6.07, 6.45) is 5.39. The van der Waals surface area contributed by atoms with Crippen LogP contribution >= 0.6 is 46.4 Å². The van der Waals surface area contributed by atoms with Gasteiger partial charge in [0.2, 0.25) is 0 Å². The van der Waals surface area contributed by atoms with E-state index in [4.69, 9.17) is 46.4 Å². The van der Waals surface area contributed by atoms with Crippen LogP contribution < -0.4 is 0 Å². The van der Waals surface area contributed by atoms with E-state index in [-0.39, 0.29) is 0 Å². The van der Waals surface area contributed by atoms with Crippen LogP contribution in [0, 0.1) is 0 Å². The molecular formula is C10H8Cl4. The first-order chi connectivity index (χ1) is 6.63. The maximum Gasteiger partial charge on any atom is 0.107 e. The van der Waals surface area contributed by atoms with Crippen molar-refractivity contribution < 1.29 is 0 Å². The Kier molecular flexibility index (Phi) is 3.18. The van der Waals surface area contributed by atoms with Gasteiger partial charge in [0.1, 0.15) is 5.38 Å². The van der Waals surface area contributed by atoms with Crippen LogP contribution in [-0.2, 0) is 0 Å². The number of hydrogen-bond acceptors (Lipinski definition) is 0. The lowest BCUT2D eigenvalue weighted by Gasteiger charge is -2.04. The average Bonchev–Trinajstić information content (AvgIpc) is 2.73. The highest BCUT2D eigenvalue weighted by Crippen LogP contribution is 2.47. The summed E-state index contributed by atoms with van der Waals surface area (Å²) in [6.45, 7) is 0. The van der Waals surface area contributed by atoms with Crippen molar-refractivity contribution in [2.24, 2.45) is 0 Å². The molecular weight excluding hydrogens is 262 g/mol. The lowest BCUT2D eigenvalue weighted by molar-refractivity contribution is 0.912. The van der Waals surface area contributed by atoms with Gasteiger partial charge in [0, 0.05) is 5.57 Å². The standard InChI is InChI=1S/C10H8Cl4/c11-7-6(5-3-1-2-4-5)8(12)10(14)9(7)13/h3,9H,1-2,4H2. The first-order valence-corrected chi connectivity index (χ1v) is 5.98. The van der Waals surface area contributed by atoms with E-state index in [0.717, 1.165) is 24.8 Å². The maximum atomic E-state index is 6.09. The molecule has 0 aromatic rings. The van der Waals surface area contributed by atoms with Gasteiger partial charge in [0.05, 0.1) is 15.1 Å². The van der Waals surface area contributed by atoms with E-state index >= 15 is 0 Å². The highest BCUT2D eigenvalue weighted by atomic mass is 35.5. The van der Waals surface area contributed by atoms with Crippen LogP contribution in [0.15, 0.2) is 32.3 Å². The van der Waals surface area contributed by atoms with Gasteiger partial charge in [-0.05, 0) is 24.8 Å². The van der Waals surface area contributed by atoms with Crippen LogP contribution in [0.2, 0.25) is 0 Å². The van der Waals surface area contributed by atoms with E-state index in [2.05, 4.69) is 6.08 Å². The largest absolute Gasteiger partial charge is 0.111 e. The summed E-state index contributed by atoms with van der Waals surface area (Å²) in [4.78, 5) is 0. The number of rotatable bonds is 1. The molecule has 76 valence electrons. The molecule has 0 N–H and O–H groups in total. The van der Waals surface area contributed by atoms with Gasteiger partial charge in [-0.3, -0.25) is 0 Å². The highest BCUT2D eigenvalue weighted by Gasteiger charge is 2.31. The molecule has 0 amide bonds. The Morgan fingerprint density at radius 2 is 1.86 bits per heavy atom. The summed E-state index contributed by atoms with van der Waals surface area (Å²) in [6, 6.07) is 0. The molecule has 0 aliphatic heterocycles. The second-order valence-corrected chi connectivity index (χ2v) is 5.00. The van der Waals surface area contributed by atoms with Crippen molar-refractivity contribution in [3.8, 4) is 0 Å². The fraction of sp³-hybridized carbons (Fsp3) is 0.400. The Morgan fingerprint density at radius 1 is 1.14 bits per heavy atom. The summed E-state index contributed by atoms with van der Waals surface area (Å²) in [5, 5.41) is 1.07. The van der Waals surface area contributed by atoms with Crippen LogP contribution in [0.3, 0.4) is 0 Å². The zero-order chi connectivity index (χ0) is 10.3. The van der Waals surface area contributed by atoms with Crippen molar-refractivity contribution in [3.63, 3.8) is 0 Å². The van der Waals surface area contributed by atoms with Gasteiger partial charge in [0.15, 0.2) is 0 Å². The summed E-state index contributed by atoms with van der Waals surface area (Å²) in [5.41, 5.74) is 2.04. The van der Waals surface area contributed by atoms with E-state index < -0.39 is 5.38 Å². The van der Waals surface area contributed by atoms with Gasteiger partial charge in [-0.25, -0.2) is 0 Å². The molecule has 0 aromatic carbocycles. The molecule has 0 radical (unpaired) electrons.